The lowest BCUT2D eigenvalue weighted by molar-refractivity contribution is -0.151. The Morgan fingerprint density at radius 2 is 1.87 bits per heavy atom. The first-order valence-electron chi connectivity index (χ1n) is 11.2. The number of unbranched alkanes of at least 4 members (excludes halogenated alkanes) is 3. The summed E-state index contributed by atoms with van der Waals surface area (Å²) in [6, 6.07) is 6.62. The first-order chi connectivity index (χ1) is 14.9. The van der Waals surface area contributed by atoms with Crippen LogP contribution in [0.5, 0.6) is 0 Å². The molecule has 31 heavy (non-hydrogen) atoms. The summed E-state index contributed by atoms with van der Waals surface area (Å²) in [7, 11) is -3.70. The van der Waals surface area contributed by atoms with Crippen LogP contribution >= 0.6 is 0 Å². The topological polar surface area (TPSA) is 88.1 Å². The normalized spacial score (nSPS) is 17.9. The van der Waals surface area contributed by atoms with E-state index in [1.54, 1.807) is 24.3 Å². The molecule has 1 aliphatic rings. The lowest BCUT2D eigenvalue weighted by Gasteiger charge is -2.24. The highest BCUT2D eigenvalue weighted by molar-refractivity contribution is 7.86. The number of benzene rings is 1. The van der Waals surface area contributed by atoms with Crippen LogP contribution in [0.1, 0.15) is 63.9 Å². The fourth-order valence-corrected chi connectivity index (χ4v) is 4.39. The van der Waals surface area contributed by atoms with Gasteiger partial charge in [0.15, 0.2) is 0 Å². The predicted octanol–water partition coefficient (Wildman–Crippen LogP) is 4.17. The number of rotatable bonds is 14. The van der Waals surface area contributed by atoms with Gasteiger partial charge in [-0.1, -0.05) is 30.5 Å². The summed E-state index contributed by atoms with van der Waals surface area (Å²) in [5.74, 6) is -0.308. The molecule has 0 aromatic heterocycles. The van der Waals surface area contributed by atoms with E-state index < -0.39 is 10.1 Å². The van der Waals surface area contributed by atoms with Gasteiger partial charge in [-0.3, -0.25) is 8.98 Å². The van der Waals surface area contributed by atoms with Gasteiger partial charge in [-0.15, -0.1) is 0 Å². The molecule has 0 N–H and O–H groups in total. The molecule has 2 atom stereocenters. The molecule has 8 heteroatoms. The molecule has 7 nitrogen and oxygen atoms in total. The van der Waals surface area contributed by atoms with E-state index in [1.165, 1.54) is 6.92 Å². The summed E-state index contributed by atoms with van der Waals surface area (Å²) in [5.41, 5.74) is 0.999. The fraction of sp³-hybridized carbons (Fsp3) is 0.696. The minimum atomic E-state index is -3.70. The maximum absolute atomic E-state index is 12.1. The molecule has 0 bridgehead atoms. The molecular weight excluding hydrogens is 420 g/mol. The largest absolute Gasteiger partial charge is 0.460 e. The second-order valence-corrected chi connectivity index (χ2v) is 9.66. The van der Waals surface area contributed by atoms with E-state index >= 15 is 0 Å². The van der Waals surface area contributed by atoms with E-state index in [-0.39, 0.29) is 29.7 Å². The Hall–Kier alpha value is -1.48. The SMILES string of the molecule is CC(=O)OC(CCCCCCOS(=O)(=O)c1ccc(C)cc1)COCC1CCCCO1. The van der Waals surface area contributed by atoms with E-state index in [9.17, 15) is 13.2 Å². The van der Waals surface area contributed by atoms with Crippen LogP contribution in [0.25, 0.3) is 0 Å². The zero-order valence-corrected chi connectivity index (χ0v) is 19.5. The van der Waals surface area contributed by atoms with Crippen molar-refractivity contribution in [2.24, 2.45) is 0 Å². The van der Waals surface area contributed by atoms with Gasteiger partial charge in [0.05, 0.1) is 30.8 Å². The molecule has 0 radical (unpaired) electrons. The van der Waals surface area contributed by atoms with Crippen molar-refractivity contribution >= 4 is 16.1 Å². The molecule has 1 aromatic rings. The number of aryl methyl sites for hydroxylation is 1. The highest BCUT2D eigenvalue weighted by Crippen LogP contribution is 2.16. The molecule has 1 saturated heterocycles. The minimum absolute atomic E-state index is 0.142. The standard InChI is InChI=1S/C23H36O7S/c1-19-11-13-23(14-12-19)31(25,26)29-16-7-4-3-5-10-22(30-20(2)24)18-27-17-21-9-6-8-15-28-21/h11-14,21-22H,3-10,15-18H2,1-2H3. The minimum Gasteiger partial charge on any atom is -0.460 e. The van der Waals surface area contributed by atoms with Crippen LogP contribution in [-0.2, 0) is 33.3 Å². The molecule has 1 aromatic carbocycles. The molecule has 2 unspecified atom stereocenters. The van der Waals surface area contributed by atoms with Gasteiger partial charge in [0.2, 0.25) is 0 Å². The Kier molecular flexibility index (Phi) is 11.5. The quantitative estimate of drug-likeness (QED) is 0.236. The lowest BCUT2D eigenvalue weighted by atomic mass is 10.1. The maximum atomic E-state index is 12.1. The van der Waals surface area contributed by atoms with Crippen molar-refractivity contribution in [1.29, 1.82) is 0 Å². The number of carbonyl (C=O) groups excluding carboxylic acids is 1. The smallest absolute Gasteiger partial charge is 0.302 e. The zero-order valence-electron chi connectivity index (χ0n) is 18.7. The Bertz CT molecular complexity index is 740. The van der Waals surface area contributed by atoms with Crippen LogP contribution in [0.15, 0.2) is 29.2 Å². The van der Waals surface area contributed by atoms with Gasteiger partial charge in [-0.2, -0.15) is 8.42 Å². The van der Waals surface area contributed by atoms with Crippen molar-refractivity contribution in [2.45, 2.75) is 82.3 Å². The lowest BCUT2D eigenvalue weighted by Crippen LogP contribution is -2.28. The van der Waals surface area contributed by atoms with Gasteiger partial charge in [0, 0.05) is 13.5 Å². The number of ether oxygens (including phenoxy) is 3. The summed E-state index contributed by atoms with van der Waals surface area (Å²) in [4.78, 5) is 11.5. The van der Waals surface area contributed by atoms with Crippen molar-refractivity contribution in [1.82, 2.24) is 0 Å². The fourth-order valence-electron chi connectivity index (χ4n) is 3.45. The average Bonchev–Trinajstić information content (AvgIpc) is 2.73. The van der Waals surface area contributed by atoms with Crippen molar-refractivity contribution in [2.75, 3.05) is 26.4 Å². The molecule has 1 fully saturated rings. The van der Waals surface area contributed by atoms with E-state index in [4.69, 9.17) is 18.4 Å². The summed E-state index contributed by atoms with van der Waals surface area (Å²) >= 11 is 0. The van der Waals surface area contributed by atoms with Crippen molar-refractivity contribution in [3.63, 3.8) is 0 Å². The van der Waals surface area contributed by atoms with Crippen molar-refractivity contribution in [3.8, 4) is 0 Å². The molecule has 0 aliphatic carbocycles. The molecule has 176 valence electrons. The third-order valence-corrected chi connectivity index (χ3v) is 6.51. The van der Waals surface area contributed by atoms with E-state index in [0.29, 0.717) is 26.1 Å². The predicted molar refractivity (Wildman–Crippen MR) is 117 cm³/mol. The first kappa shape index (κ1) is 25.8. The molecule has 0 spiro atoms. The average molecular weight is 457 g/mol. The number of hydrogen-bond donors (Lipinski definition) is 0. The Morgan fingerprint density at radius 3 is 2.55 bits per heavy atom. The third kappa shape index (κ3) is 10.6. The Morgan fingerprint density at radius 1 is 1.13 bits per heavy atom. The maximum Gasteiger partial charge on any atom is 0.302 e. The van der Waals surface area contributed by atoms with E-state index in [0.717, 1.165) is 50.7 Å². The molecular formula is C23H36O7S. The molecule has 2 rings (SSSR count). The first-order valence-corrected chi connectivity index (χ1v) is 12.6. The summed E-state index contributed by atoms with van der Waals surface area (Å²) in [6.45, 7) is 5.16. The van der Waals surface area contributed by atoms with E-state index in [1.807, 2.05) is 6.92 Å². The second-order valence-electron chi connectivity index (χ2n) is 8.05. The van der Waals surface area contributed by atoms with Crippen LogP contribution < -0.4 is 0 Å². The van der Waals surface area contributed by atoms with Crippen LogP contribution in [0.4, 0.5) is 0 Å². The Balaban J connectivity index is 1.58. The van der Waals surface area contributed by atoms with Gasteiger partial charge in [0.1, 0.15) is 6.10 Å². The molecule has 1 heterocycles. The van der Waals surface area contributed by atoms with Crippen LogP contribution in [-0.4, -0.2) is 53.0 Å². The zero-order chi connectivity index (χ0) is 22.5. The van der Waals surface area contributed by atoms with Gasteiger partial charge in [-0.05, 0) is 57.6 Å². The molecule has 0 amide bonds. The molecule has 0 saturated carbocycles. The van der Waals surface area contributed by atoms with Gasteiger partial charge >= 0.3 is 5.97 Å². The summed E-state index contributed by atoms with van der Waals surface area (Å²) < 4.78 is 46.1. The van der Waals surface area contributed by atoms with Gasteiger partial charge in [0.25, 0.3) is 10.1 Å². The number of carbonyl (C=O) groups is 1. The van der Waals surface area contributed by atoms with Crippen LogP contribution in [0.2, 0.25) is 0 Å². The summed E-state index contributed by atoms with van der Waals surface area (Å²) in [5, 5.41) is 0. The highest BCUT2D eigenvalue weighted by atomic mass is 32.2. The van der Waals surface area contributed by atoms with Gasteiger partial charge < -0.3 is 14.2 Å². The van der Waals surface area contributed by atoms with Crippen LogP contribution in [0.3, 0.4) is 0 Å². The van der Waals surface area contributed by atoms with Gasteiger partial charge in [-0.25, -0.2) is 0 Å². The summed E-state index contributed by atoms with van der Waals surface area (Å²) in [6.07, 6.45) is 7.14. The highest BCUT2D eigenvalue weighted by Gasteiger charge is 2.17. The van der Waals surface area contributed by atoms with Crippen molar-refractivity contribution < 1.29 is 31.6 Å². The number of esters is 1. The monoisotopic (exact) mass is 456 g/mol. The number of hydrogen-bond acceptors (Lipinski definition) is 7. The van der Waals surface area contributed by atoms with Crippen molar-refractivity contribution in [3.05, 3.63) is 29.8 Å². The van der Waals surface area contributed by atoms with Crippen LogP contribution in [0, 0.1) is 6.92 Å². The van der Waals surface area contributed by atoms with E-state index in [2.05, 4.69) is 0 Å². The second kappa shape index (κ2) is 13.8. The third-order valence-electron chi connectivity index (χ3n) is 5.18. The molecule has 1 aliphatic heterocycles. The Labute approximate surface area is 186 Å².